The summed E-state index contributed by atoms with van der Waals surface area (Å²) >= 11 is 13.0. The smallest absolute Gasteiger partial charge is 0.263 e. The lowest BCUT2D eigenvalue weighted by Gasteiger charge is -2.10. The van der Waals surface area contributed by atoms with Gasteiger partial charge in [-0.05, 0) is 59.0 Å². The number of benzene rings is 2. The summed E-state index contributed by atoms with van der Waals surface area (Å²) in [6.45, 7) is 0. The first-order valence-electron chi connectivity index (χ1n) is 5.67. The molecule has 2 aromatic carbocycles. The van der Waals surface area contributed by atoms with Crippen LogP contribution in [0.2, 0.25) is 5.02 Å². The number of hydrogen-bond donors (Lipinski definition) is 2. The fourth-order valence-electron chi connectivity index (χ4n) is 1.60. The maximum atomic E-state index is 12.3. The Labute approximate surface area is 146 Å². The second-order valence-electron chi connectivity index (χ2n) is 4.12. The molecular formula is C13H10ClIN2O2S2. The van der Waals surface area contributed by atoms with Crippen molar-refractivity contribution in [1.29, 1.82) is 0 Å². The Kier molecular flexibility index (Phi) is 5.07. The summed E-state index contributed by atoms with van der Waals surface area (Å²) in [5, 5.41) is 0.0679. The zero-order valence-corrected chi connectivity index (χ0v) is 15.1. The number of hydrogen-bond acceptors (Lipinski definition) is 3. The van der Waals surface area contributed by atoms with Gasteiger partial charge in [0.15, 0.2) is 0 Å². The quantitative estimate of drug-likeness (QED) is 0.551. The molecule has 0 radical (unpaired) electrons. The first kappa shape index (κ1) is 16.5. The molecule has 0 fully saturated rings. The Morgan fingerprint density at radius 1 is 1.19 bits per heavy atom. The lowest BCUT2D eigenvalue weighted by molar-refractivity contribution is 0.601. The molecule has 0 saturated carbocycles. The third-order valence-electron chi connectivity index (χ3n) is 2.60. The van der Waals surface area contributed by atoms with E-state index in [1.807, 2.05) is 0 Å². The van der Waals surface area contributed by atoms with Gasteiger partial charge < -0.3 is 5.73 Å². The van der Waals surface area contributed by atoms with E-state index in [1.165, 1.54) is 18.2 Å². The van der Waals surface area contributed by atoms with Crippen LogP contribution in [0, 0.1) is 3.57 Å². The van der Waals surface area contributed by atoms with Crippen molar-refractivity contribution in [3.8, 4) is 0 Å². The van der Waals surface area contributed by atoms with Crippen LogP contribution in [0.1, 0.15) is 5.56 Å². The summed E-state index contributed by atoms with van der Waals surface area (Å²) in [6, 6.07) is 11.3. The molecule has 2 aromatic rings. The number of anilines is 1. The topological polar surface area (TPSA) is 72.2 Å². The van der Waals surface area contributed by atoms with E-state index in [-0.39, 0.29) is 14.9 Å². The van der Waals surface area contributed by atoms with Crippen molar-refractivity contribution in [2.24, 2.45) is 5.73 Å². The van der Waals surface area contributed by atoms with Crippen molar-refractivity contribution >= 4 is 67.1 Å². The molecule has 4 nitrogen and oxygen atoms in total. The van der Waals surface area contributed by atoms with Gasteiger partial charge in [0.05, 0.1) is 5.02 Å². The average Bonchev–Trinajstić information content (AvgIpc) is 2.40. The van der Waals surface area contributed by atoms with Crippen molar-refractivity contribution in [2.45, 2.75) is 4.90 Å². The summed E-state index contributed by atoms with van der Waals surface area (Å²) in [4.78, 5) is 0.133. The number of rotatable bonds is 4. The van der Waals surface area contributed by atoms with Gasteiger partial charge in [0.25, 0.3) is 10.0 Å². The minimum atomic E-state index is -3.77. The van der Waals surface area contributed by atoms with Crippen molar-refractivity contribution < 1.29 is 8.42 Å². The number of nitrogens with one attached hydrogen (secondary N) is 1. The molecule has 0 aliphatic heterocycles. The van der Waals surface area contributed by atoms with Gasteiger partial charge in [-0.15, -0.1) is 0 Å². The predicted molar refractivity (Wildman–Crippen MR) is 97.3 cm³/mol. The molecule has 0 bridgehead atoms. The van der Waals surface area contributed by atoms with Crippen molar-refractivity contribution in [1.82, 2.24) is 0 Å². The fourth-order valence-corrected chi connectivity index (χ4v) is 3.69. The van der Waals surface area contributed by atoms with Gasteiger partial charge in [0, 0.05) is 14.8 Å². The first-order chi connectivity index (χ1) is 9.79. The third kappa shape index (κ3) is 4.06. The van der Waals surface area contributed by atoms with Crippen LogP contribution in [0.3, 0.4) is 0 Å². The summed E-state index contributed by atoms with van der Waals surface area (Å²) in [6.07, 6.45) is 0. The lowest BCUT2D eigenvalue weighted by atomic mass is 10.2. The Hall–Kier alpha value is -0.900. The summed E-state index contributed by atoms with van der Waals surface area (Å²) < 4.78 is 28.1. The van der Waals surface area contributed by atoms with E-state index >= 15 is 0 Å². The molecule has 0 amide bonds. The van der Waals surface area contributed by atoms with Crippen molar-refractivity contribution in [3.63, 3.8) is 0 Å². The van der Waals surface area contributed by atoms with E-state index in [4.69, 9.17) is 29.6 Å². The standard InChI is InChI=1S/C13H10ClIN2O2S2/c14-11-7-8(13(16)20)1-6-12(11)21(18,19)17-10-4-2-9(15)3-5-10/h1-7,17H,(H2,16,20). The van der Waals surface area contributed by atoms with Crippen molar-refractivity contribution in [2.75, 3.05) is 4.72 Å². The molecule has 0 aromatic heterocycles. The van der Waals surface area contributed by atoms with Gasteiger partial charge in [-0.3, -0.25) is 4.72 Å². The predicted octanol–water partition coefficient (Wildman–Crippen LogP) is 3.38. The van der Waals surface area contributed by atoms with E-state index in [2.05, 4.69) is 27.3 Å². The minimum absolute atomic E-state index is 0.0253. The van der Waals surface area contributed by atoms with Crippen LogP contribution in [0.5, 0.6) is 0 Å². The van der Waals surface area contributed by atoms with Gasteiger partial charge in [0.2, 0.25) is 0 Å². The summed E-state index contributed by atoms with van der Waals surface area (Å²) in [5.74, 6) is 0. The van der Waals surface area contributed by atoms with Crippen LogP contribution in [0.25, 0.3) is 0 Å². The minimum Gasteiger partial charge on any atom is -0.389 e. The molecule has 0 heterocycles. The zero-order chi connectivity index (χ0) is 15.6. The Bertz CT molecular complexity index is 792. The molecule has 8 heteroatoms. The molecule has 0 atom stereocenters. The van der Waals surface area contributed by atoms with Gasteiger partial charge in [-0.1, -0.05) is 29.9 Å². The highest BCUT2D eigenvalue weighted by atomic mass is 127. The molecule has 0 spiro atoms. The summed E-state index contributed by atoms with van der Waals surface area (Å²) in [5.41, 5.74) is 6.47. The van der Waals surface area contributed by atoms with E-state index in [0.29, 0.717) is 11.3 Å². The number of sulfonamides is 1. The van der Waals surface area contributed by atoms with Crippen LogP contribution >= 0.6 is 46.4 Å². The molecule has 0 unspecified atom stereocenters. The number of nitrogens with two attached hydrogens (primary N) is 1. The van der Waals surface area contributed by atoms with Gasteiger partial charge in [-0.25, -0.2) is 8.42 Å². The SMILES string of the molecule is NC(=S)c1ccc(S(=O)(=O)Nc2ccc(I)cc2)c(Cl)c1. The lowest BCUT2D eigenvalue weighted by Crippen LogP contribution is -2.15. The number of thiocarbonyl (C=S) groups is 1. The number of halogens is 2. The Morgan fingerprint density at radius 2 is 1.81 bits per heavy atom. The van der Waals surface area contributed by atoms with E-state index in [9.17, 15) is 8.42 Å². The molecule has 2 rings (SSSR count). The van der Waals surface area contributed by atoms with Crippen LogP contribution in [-0.2, 0) is 10.0 Å². The van der Waals surface area contributed by atoms with Crippen LogP contribution in [-0.4, -0.2) is 13.4 Å². The van der Waals surface area contributed by atoms with Gasteiger partial charge >= 0.3 is 0 Å². The molecule has 0 saturated heterocycles. The normalized spacial score (nSPS) is 11.1. The van der Waals surface area contributed by atoms with E-state index in [0.717, 1.165) is 3.57 Å². The molecule has 21 heavy (non-hydrogen) atoms. The second kappa shape index (κ2) is 6.47. The highest BCUT2D eigenvalue weighted by Gasteiger charge is 2.18. The Balaban J connectivity index is 2.35. The second-order valence-corrected chi connectivity index (χ2v) is 7.87. The third-order valence-corrected chi connectivity index (χ3v) is 5.42. The first-order valence-corrected chi connectivity index (χ1v) is 9.02. The Morgan fingerprint density at radius 3 is 2.33 bits per heavy atom. The molecule has 0 aliphatic carbocycles. The molecular weight excluding hydrogens is 443 g/mol. The maximum Gasteiger partial charge on any atom is 0.263 e. The van der Waals surface area contributed by atoms with Gasteiger partial charge in [0.1, 0.15) is 9.88 Å². The van der Waals surface area contributed by atoms with Crippen molar-refractivity contribution in [3.05, 3.63) is 56.6 Å². The van der Waals surface area contributed by atoms with E-state index in [1.54, 1.807) is 24.3 Å². The van der Waals surface area contributed by atoms with Crippen LogP contribution < -0.4 is 10.5 Å². The monoisotopic (exact) mass is 452 g/mol. The average molecular weight is 453 g/mol. The molecule has 3 N–H and O–H groups in total. The summed E-state index contributed by atoms with van der Waals surface area (Å²) in [7, 11) is -3.77. The molecule has 0 aliphatic rings. The molecule has 110 valence electrons. The van der Waals surface area contributed by atoms with E-state index < -0.39 is 10.0 Å². The highest BCUT2D eigenvalue weighted by molar-refractivity contribution is 14.1. The van der Waals surface area contributed by atoms with Gasteiger partial charge in [-0.2, -0.15) is 0 Å². The maximum absolute atomic E-state index is 12.3. The largest absolute Gasteiger partial charge is 0.389 e. The fraction of sp³-hybridized carbons (Fsp3) is 0. The van der Waals surface area contributed by atoms with Crippen LogP contribution in [0.15, 0.2) is 47.4 Å². The van der Waals surface area contributed by atoms with Crippen LogP contribution in [0.4, 0.5) is 5.69 Å². The zero-order valence-electron chi connectivity index (χ0n) is 10.5. The highest BCUT2D eigenvalue weighted by Crippen LogP contribution is 2.25.